The highest BCUT2D eigenvalue weighted by molar-refractivity contribution is 5.79. The van der Waals surface area contributed by atoms with E-state index in [1.807, 2.05) is 0 Å². The maximum atomic E-state index is 12.7. The van der Waals surface area contributed by atoms with Crippen LogP contribution in [0.25, 0.3) is 0 Å². The number of nitrogens with zero attached hydrogens (tertiary/aromatic N) is 3. The van der Waals surface area contributed by atoms with Crippen molar-refractivity contribution < 1.29 is 9.90 Å². The van der Waals surface area contributed by atoms with E-state index in [0.717, 1.165) is 57.9 Å². The highest BCUT2D eigenvalue weighted by Gasteiger charge is 2.39. The molecule has 0 spiro atoms. The Morgan fingerprint density at radius 1 is 1.41 bits per heavy atom. The molecule has 1 amide bonds. The minimum absolute atomic E-state index is 0.0425. The molecule has 2 aliphatic rings. The van der Waals surface area contributed by atoms with E-state index in [-0.39, 0.29) is 12.0 Å². The summed E-state index contributed by atoms with van der Waals surface area (Å²) in [7, 11) is 1.79. The lowest BCUT2D eigenvalue weighted by Gasteiger charge is -2.40. The number of hydrogen-bond acceptors (Lipinski definition) is 4. The summed E-state index contributed by atoms with van der Waals surface area (Å²) < 4.78 is 0. The Morgan fingerprint density at radius 2 is 2.09 bits per heavy atom. The minimum Gasteiger partial charge on any atom is -0.393 e. The Morgan fingerprint density at radius 3 is 2.68 bits per heavy atom. The molecule has 1 saturated heterocycles. The van der Waals surface area contributed by atoms with E-state index in [1.165, 1.54) is 0 Å². The zero-order valence-electron chi connectivity index (χ0n) is 13.9. The van der Waals surface area contributed by atoms with Crippen molar-refractivity contribution in [2.24, 2.45) is 0 Å². The van der Waals surface area contributed by atoms with Gasteiger partial charge in [-0.15, -0.1) is 0 Å². The molecule has 0 radical (unpaired) electrons. The molecule has 2 atom stereocenters. The van der Waals surface area contributed by atoms with Crippen LogP contribution in [-0.4, -0.2) is 58.6 Å². The van der Waals surface area contributed by atoms with Crippen LogP contribution in [0.15, 0.2) is 0 Å². The summed E-state index contributed by atoms with van der Waals surface area (Å²) in [6, 6.07) is 2.71. The van der Waals surface area contributed by atoms with Gasteiger partial charge in [-0.3, -0.25) is 9.69 Å². The molecular formula is C17H29N3O2. The minimum atomic E-state index is -0.602. The normalized spacial score (nSPS) is 26.4. The Kier molecular flexibility index (Phi) is 5.82. The third kappa shape index (κ3) is 3.80. The highest BCUT2D eigenvalue weighted by atomic mass is 16.3. The Hall–Kier alpha value is -1.12. The first-order valence-corrected chi connectivity index (χ1v) is 8.58. The number of aliphatic hydroxyl groups is 1. The van der Waals surface area contributed by atoms with Crippen molar-refractivity contribution in [3.8, 4) is 6.07 Å². The van der Waals surface area contributed by atoms with Crippen LogP contribution in [0.2, 0.25) is 0 Å². The third-order valence-electron chi connectivity index (χ3n) is 5.36. The molecule has 22 heavy (non-hydrogen) atoms. The van der Waals surface area contributed by atoms with Gasteiger partial charge in [0.1, 0.15) is 5.54 Å². The van der Waals surface area contributed by atoms with Crippen molar-refractivity contribution in [3.63, 3.8) is 0 Å². The molecule has 0 aromatic carbocycles. The second kappa shape index (κ2) is 7.43. The smallest absolute Gasteiger partial charge is 0.237 e. The molecule has 2 fully saturated rings. The van der Waals surface area contributed by atoms with Crippen molar-refractivity contribution in [2.45, 2.75) is 76.0 Å². The molecule has 5 nitrogen and oxygen atoms in total. The average molecular weight is 307 g/mol. The van der Waals surface area contributed by atoms with Crippen LogP contribution in [0, 0.1) is 11.3 Å². The molecular weight excluding hydrogens is 278 g/mol. The summed E-state index contributed by atoms with van der Waals surface area (Å²) in [6.07, 6.45) is 7.32. The number of aliphatic hydroxyl groups excluding tert-OH is 1. The second-order valence-corrected chi connectivity index (χ2v) is 7.01. The van der Waals surface area contributed by atoms with Gasteiger partial charge >= 0.3 is 0 Å². The predicted molar refractivity (Wildman–Crippen MR) is 85.1 cm³/mol. The SMILES string of the molecule is CC(O)CC1CCCN1CC(=O)N(C)C1(C#N)CCCCC1. The van der Waals surface area contributed by atoms with Crippen molar-refractivity contribution in [3.05, 3.63) is 0 Å². The van der Waals surface area contributed by atoms with E-state index in [1.54, 1.807) is 18.9 Å². The van der Waals surface area contributed by atoms with Gasteiger partial charge in [0.15, 0.2) is 0 Å². The summed E-state index contributed by atoms with van der Waals surface area (Å²) in [6.45, 7) is 3.09. The zero-order chi connectivity index (χ0) is 16.2. The number of carbonyl (C=O) groups excluding carboxylic acids is 1. The van der Waals surface area contributed by atoms with E-state index in [9.17, 15) is 15.2 Å². The first-order valence-electron chi connectivity index (χ1n) is 8.58. The average Bonchev–Trinajstić information content (AvgIpc) is 2.93. The topological polar surface area (TPSA) is 67.6 Å². The Balaban J connectivity index is 1.97. The molecule has 0 aromatic rings. The second-order valence-electron chi connectivity index (χ2n) is 7.01. The largest absolute Gasteiger partial charge is 0.393 e. The first-order chi connectivity index (χ1) is 10.5. The van der Waals surface area contributed by atoms with Gasteiger partial charge in [-0.2, -0.15) is 5.26 Å². The molecule has 2 unspecified atom stereocenters. The summed E-state index contributed by atoms with van der Waals surface area (Å²) in [5.74, 6) is 0.0425. The van der Waals surface area contributed by atoms with Gasteiger partial charge in [0.05, 0.1) is 18.7 Å². The van der Waals surface area contributed by atoms with Crippen LogP contribution in [0.4, 0.5) is 0 Å². The Bertz CT molecular complexity index is 424. The Labute approximate surface area is 133 Å². The molecule has 1 aliphatic heterocycles. The van der Waals surface area contributed by atoms with Gasteiger partial charge in [0.2, 0.25) is 5.91 Å². The molecule has 0 bridgehead atoms. The van der Waals surface area contributed by atoms with Gasteiger partial charge in [0, 0.05) is 13.1 Å². The summed E-state index contributed by atoms with van der Waals surface area (Å²) in [5.41, 5.74) is -0.602. The van der Waals surface area contributed by atoms with E-state index < -0.39 is 5.54 Å². The number of carbonyl (C=O) groups is 1. The van der Waals surface area contributed by atoms with Crippen molar-refractivity contribution >= 4 is 5.91 Å². The summed E-state index contributed by atoms with van der Waals surface area (Å²) in [4.78, 5) is 16.5. The molecule has 1 saturated carbocycles. The van der Waals surface area contributed by atoms with Gasteiger partial charge in [0.25, 0.3) is 0 Å². The number of likely N-dealkylation sites (N-methyl/N-ethyl adjacent to an activating group) is 1. The molecule has 2 rings (SSSR count). The maximum Gasteiger partial charge on any atom is 0.237 e. The molecule has 5 heteroatoms. The van der Waals surface area contributed by atoms with Gasteiger partial charge in [-0.1, -0.05) is 19.3 Å². The predicted octanol–water partition coefficient (Wildman–Crippen LogP) is 1.91. The lowest BCUT2D eigenvalue weighted by molar-refractivity contribution is -0.136. The van der Waals surface area contributed by atoms with Gasteiger partial charge < -0.3 is 10.0 Å². The fraction of sp³-hybridized carbons (Fsp3) is 0.882. The molecule has 1 heterocycles. The number of rotatable bonds is 5. The lowest BCUT2D eigenvalue weighted by Crippen LogP contribution is -2.53. The number of likely N-dealkylation sites (tertiary alicyclic amines) is 1. The van der Waals surface area contributed by atoms with Gasteiger partial charge in [-0.25, -0.2) is 0 Å². The van der Waals surface area contributed by atoms with Crippen LogP contribution in [-0.2, 0) is 4.79 Å². The zero-order valence-corrected chi connectivity index (χ0v) is 13.9. The number of amides is 1. The fourth-order valence-electron chi connectivity index (χ4n) is 3.94. The van der Waals surface area contributed by atoms with Gasteiger partial charge in [-0.05, 0) is 45.6 Å². The van der Waals surface area contributed by atoms with Crippen molar-refractivity contribution in [2.75, 3.05) is 20.1 Å². The first kappa shape index (κ1) is 17.2. The fourth-order valence-corrected chi connectivity index (χ4v) is 3.94. The number of hydrogen-bond donors (Lipinski definition) is 1. The van der Waals surface area contributed by atoms with Crippen LogP contribution in [0.5, 0.6) is 0 Å². The van der Waals surface area contributed by atoms with Crippen LogP contribution in [0.3, 0.4) is 0 Å². The quantitative estimate of drug-likeness (QED) is 0.842. The van der Waals surface area contributed by atoms with Crippen molar-refractivity contribution in [1.82, 2.24) is 9.80 Å². The monoisotopic (exact) mass is 307 g/mol. The lowest BCUT2D eigenvalue weighted by atomic mass is 9.81. The van der Waals surface area contributed by atoms with E-state index in [4.69, 9.17) is 0 Å². The maximum absolute atomic E-state index is 12.7. The molecule has 1 aliphatic carbocycles. The standard InChI is InChI=1S/C17H29N3O2/c1-14(21)11-15-7-6-10-20(15)12-16(22)19(2)17(13-18)8-4-3-5-9-17/h14-15,21H,3-12H2,1-2H3. The molecule has 124 valence electrons. The van der Waals surface area contributed by atoms with Crippen LogP contribution in [0.1, 0.15) is 58.3 Å². The third-order valence-corrected chi connectivity index (χ3v) is 5.36. The van der Waals surface area contributed by atoms with Crippen LogP contribution < -0.4 is 0 Å². The van der Waals surface area contributed by atoms with E-state index in [0.29, 0.717) is 12.6 Å². The number of nitriles is 1. The van der Waals surface area contributed by atoms with E-state index >= 15 is 0 Å². The van der Waals surface area contributed by atoms with Crippen molar-refractivity contribution in [1.29, 1.82) is 5.26 Å². The molecule has 1 N–H and O–H groups in total. The van der Waals surface area contributed by atoms with Crippen LogP contribution >= 0.6 is 0 Å². The highest BCUT2D eigenvalue weighted by Crippen LogP contribution is 2.33. The summed E-state index contributed by atoms with van der Waals surface area (Å²) in [5, 5.41) is 19.2. The summed E-state index contributed by atoms with van der Waals surface area (Å²) >= 11 is 0. The van der Waals surface area contributed by atoms with E-state index in [2.05, 4.69) is 11.0 Å². The molecule has 0 aromatic heterocycles.